The van der Waals surface area contributed by atoms with Crippen molar-refractivity contribution in [2.45, 2.75) is 37.6 Å². The van der Waals surface area contributed by atoms with Gasteiger partial charge in [0.25, 0.3) is 5.91 Å². The molecule has 1 heterocycles. The highest BCUT2D eigenvalue weighted by molar-refractivity contribution is 14.1. The predicted octanol–water partition coefficient (Wildman–Crippen LogP) is 3.59. The van der Waals surface area contributed by atoms with Crippen molar-refractivity contribution in [2.24, 2.45) is 5.10 Å². The Labute approximate surface area is 234 Å². The zero-order valence-electron chi connectivity index (χ0n) is 20.3. The molecule has 1 saturated heterocycles. The van der Waals surface area contributed by atoms with Crippen molar-refractivity contribution < 1.29 is 32.2 Å². The smallest absolute Gasteiger partial charge is 0.344 e. The number of sulfonamides is 1. The van der Waals surface area contributed by atoms with Crippen LogP contribution in [0.5, 0.6) is 11.5 Å². The molecule has 200 valence electrons. The number of nitrogens with zero attached hydrogens (tertiary/aromatic N) is 2. The molecule has 3 rings (SSSR count). The van der Waals surface area contributed by atoms with Crippen LogP contribution in [0.1, 0.15) is 32.3 Å². The Kier molecular flexibility index (Phi) is 10.6. The van der Waals surface area contributed by atoms with Crippen molar-refractivity contribution in [3.8, 4) is 11.5 Å². The van der Waals surface area contributed by atoms with E-state index in [0.29, 0.717) is 45.1 Å². The molecule has 37 heavy (non-hydrogen) atoms. The standard InChI is InChI=1S/C24H27ClIN3O7S/c1-3-34-21-13-16(12-19(26)23(21)36-15-22(30)35-4-2)14-27-28-24(31)20-6-5-11-29(20)37(32,33)18-9-7-17(25)8-10-18/h7-10,12-14,20H,3-6,11,15H2,1-2H3,(H,28,31)/b27-14-/t20-/m1/s1. The Balaban J connectivity index is 1.70. The Hall–Kier alpha value is -2.42. The van der Waals surface area contributed by atoms with Gasteiger partial charge in [-0.1, -0.05) is 11.6 Å². The van der Waals surface area contributed by atoms with Crippen LogP contribution in [0.3, 0.4) is 0 Å². The summed E-state index contributed by atoms with van der Waals surface area (Å²) in [5, 5.41) is 4.44. The molecule has 1 aliphatic heterocycles. The summed E-state index contributed by atoms with van der Waals surface area (Å²) in [6, 6.07) is 8.35. The van der Waals surface area contributed by atoms with E-state index in [1.165, 1.54) is 34.8 Å². The molecule has 10 nitrogen and oxygen atoms in total. The van der Waals surface area contributed by atoms with E-state index >= 15 is 0 Å². The normalized spacial score (nSPS) is 16.1. The number of hydrogen-bond donors (Lipinski definition) is 1. The average molecular weight is 664 g/mol. The number of rotatable bonds is 11. The van der Waals surface area contributed by atoms with E-state index in [1.807, 2.05) is 29.5 Å². The van der Waals surface area contributed by atoms with Crippen molar-refractivity contribution in [1.82, 2.24) is 9.73 Å². The number of benzene rings is 2. The van der Waals surface area contributed by atoms with Gasteiger partial charge in [-0.25, -0.2) is 18.6 Å². The summed E-state index contributed by atoms with van der Waals surface area (Å²) in [7, 11) is -3.87. The Bertz CT molecular complexity index is 1260. The van der Waals surface area contributed by atoms with Crippen LogP contribution in [0.2, 0.25) is 5.02 Å². The quantitative estimate of drug-likeness (QED) is 0.169. The number of halogens is 2. The number of esters is 1. The molecule has 2 aromatic rings. The van der Waals surface area contributed by atoms with Crippen molar-refractivity contribution in [3.05, 3.63) is 50.6 Å². The molecule has 1 atom stereocenters. The summed E-state index contributed by atoms with van der Waals surface area (Å²) in [5.74, 6) is -0.221. The molecule has 2 aromatic carbocycles. The highest BCUT2D eigenvalue weighted by Crippen LogP contribution is 2.34. The first-order chi connectivity index (χ1) is 17.7. The molecule has 0 aliphatic carbocycles. The second kappa shape index (κ2) is 13.4. The number of amides is 1. The van der Waals surface area contributed by atoms with E-state index < -0.39 is 27.9 Å². The molecule has 1 fully saturated rings. The first kappa shape index (κ1) is 29.1. The van der Waals surface area contributed by atoms with Crippen molar-refractivity contribution in [2.75, 3.05) is 26.4 Å². The Morgan fingerprint density at radius 2 is 1.92 bits per heavy atom. The van der Waals surface area contributed by atoms with E-state index in [2.05, 4.69) is 10.5 Å². The molecular weight excluding hydrogens is 637 g/mol. The highest BCUT2D eigenvalue weighted by Gasteiger charge is 2.39. The molecule has 13 heteroatoms. The lowest BCUT2D eigenvalue weighted by atomic mass is 10.2. The van der Waals surface area contributed by atoms with Crippen LogP contribution in [0, 0.1) is 3.57 Å². The first-order valence-corrected chi connectivity index (χ1v) is 14.4. The van der Waals surface area contributed by atoms with Crippen molar-refractivity contribution in [1.29, 1.82) is 0 Å². The zero-order chi connectivity index (χ0) is 27.0. The summed E-state index contributed by atoms with van der Waals surface area (Å²) in [6.45, 7) is 4.12. The number of carbonyl (C=O) groups is 2. The third-order valence-corrected chi connectivity index (χ3v) is 8.26. The van der Waals surface area contributed by atoms with E-state index in [4.69, 9.17) is 25.8 Å². The van der Waals surface area contributed by atoms with Crippen molar-refractivity contribution >= 4 is 62.3 Å². The largest absolute Gasteiger partial charge is 0.490 e. The highest BCUT2D eigenvalue weighted by atomic mass is 127. The fourth-order valence-electron chi connectivity index (χ4n) is 3.68. The van der Waals surface area contributed by atoms with Crippen LogP contribution in [-0.2, 0) is 24.3 Å². The topological polar surface area (TPSA) is 124 Å². The maximum Gasteiger partial charge on any atom is 0.344 e. The van der Waals surface area contributed by atoms with Gasteiger partial charge in [0.05, 0.1) is 27.9 Å². The molecule has 0 saturated carbocycles. The summed E-state index contributed by atoms with van der Waals surface area (Å²) in [4.78, 5) is 24.6. The number of hydrazone groups is 1. The van der Waals surface area contributed by atoms with Gasteiger partial charge in [-0.05, 0) is 91.2 Å². The lowest BCUT2D eigenvalue weighted by Gasteiger charge is -2.22. The third kappa shape index (κ3) is 7.55. The molecule has 0 bridgehead atoms. The van der Waals surface area contributed by atoms with E-state index in [-0.39, 0.29) is 24.7 Å². The first-order valence-electron chi connectivity index (χ1n) is 11.5. The average Bonchev–Trinajstić information content (AvgIpc) is 3.35. The van der Waals surface area contributed by atoms with Gasteiger partial charge in [0, 0.05) is 11.6 Å². The molecule has 1 aliphatic rings. The van der Waals surface area contributed by atoms with E-state index in [9.17, 15) is 18.0 Å². The van der Waals surface area contributed by atoms with E-state index in [0.717, 1.165) is 0 Å². The van der Waals surface area contributed by atoms with Gasteiger partial charge in [-0.2, -0.15) is 9.41 Å². The SMILES string of the molecule is CCOC(=O)COc1c(I)cc(/C=N\NC(=O)[C@H]2CCCN2S(=O)(=O)c2ccc(Cl)cc2)cc1OCC. The summed E-state index contributed by atoms with van der Waals surface area (Å²) >= 11 is 7.92. The van der Waals surface area contributed by atoms with Gasteiger partial charge in [-0.15, -0.1) is 0 Å². The lowest BCUT2D eigenvalue weighted by Crippen LogP contribution is -2.44. The van der Waals surface area contributed by atoms with Crippen molar-refractivity contribution in [3.63, 3.8) is 0 Å². The third-order valence-electron chi connectivity index (χ3n) is 5.29. The molecule has 1 amide bonds. The molecule has 0 unspecified atom stereocenters. The maximum atomic E-state index is 13.1. The van der Waals surface area contributed by atoms with Gasteiger partial charge in [0.2, 0.25) is 10.0 Å². The fraction of sp³-hybridized carbons (Fsp3) is 0.375. The number of nitrogens with one attached hydrogen (secondary N) is 1. The van der Waals surface area contributed by atoms with Gasteiger partial charge in [0.1, 0.15) is 6.04 Å². The number of carbonyl (C=O) groups excluding carboxylic acids is 2. The van der Waals surface area contributed by atoms with Crippen LogP contribution in [0.4, 0.5) is 0 Å². The van der Waals surface area contributed by atoms with Crippen LogP contribution in [-0.4, -0.2) is 63.2 Å². The number of hydrogen-bond acceptors (Lipinski definition) is 8. The van der Waals surface area contributed by atoms with Gasteiger partial charge in [0.15, 0.2) is 18.1 Å². The molecule has 0 spiro atoms. The number of ether oxygens (including phenoxy) is 3. The van der Waals surface area contributed by atoms with Crippen LogP contribution >= 0.6 is 34.2 Å². The minimum absolute atomic E-state index is 0.0726. The van der Waals surface area contributed by atoms with E-state index in [1.54, 1.807) is 19.1 Å². The monoisotopic (exact) mass is 663 g/mol. The van der Waals surface area contributed by atoms with Crippen LogP contribution in [0.25, 0.3) is 0 Å². The lowest BCUT2D eigenvalue weighted by molar-refractivity contribution is -0.145. The van der Waals surface area contributed by atoms with Crippen LogP contribution < -0.4 is 14.9 Å². The summed E-state index contributed by atoms with van der Waals surface area (Å²) in [6.07, 6.45) is 2.36. The maximum absolute atomic E-state index is 13.1. The second-order valence-corrected chi connectivity index (χ2v) is 11.3. The molecular formula is C24H27ClIN3O7S. The van der Waals surface area contributed by atoms with Crippen LogP contribution in [0.15, 0.2) is 46.4 Å². The predicted molar refractivity (Wildman–Crippen MR) is 147 cm³/mol. The zero-order valence-corrected chi connectivity index (χ0v) is 24.0. The minimum Gasteiger partial charge on any atom is -0.490 e. The summed E-state index contributed by atoms with van der Waals surface area (Å²) < 4.78 is 44.1. The Morgan fingerprint density at radius 1 is 1.19 bits per heavy atom. The summed E-state index contributed by atoms with van der Waals surface area (Å²) in [5.41, 5.74) is 3.05. The molecule has 0 aromatic heterocycles. The molecule has 0 radical (unpaired) electrons. The fourth-order valence-corrected chi connectivity index (χ4v) is 6.24. The van der Waals surface area contributed by atoms with Gasteiger partial charge in [-0.3, -0.25) is 4.79 Å². The second-order valence-electron chi connectivity index (χ2n) is 7.82. The van der Waals surface area contributed by atoms with Gasteiger partial charge < -0.3 is 14.2 Å². The van der Waals surface area contributed by atoms with Gasteiger partial charge >= 0.3 is 5.97 Å². The Morgan fingerprint density at radius 3 is 2.59 bits per heavy atom. The minimum atomic E-state index is -3.87. The molecule has 1 N–H and O–H groups in total.